The van der Waals surface area contributed by atoms with Crippen LogP contribution in [0.1, 0.15) is 20.7 Å². The molecule has 0 atom stereocenters. The zero-order chi connectivity index (χ0) is 22.8. The smallest absolute Gasteiger partial charge is 0.282 e. The highest BCUT2D eigenvalue weighted by Crippen LogP contribution is 2.33. The molecule has 0 aliphatic carbocycles. The minimum Gasteiger partial charge on any atom is -0.455 e. The summed E-state index contributed by atoms with van der Waals surface area (Å²) in [6.45, 7) is -0.638. The summed E-state index contributed by atoms with van der Waals surface area (Å²) in [5.74, 6) is -1.57. The lowest BCUT2D eigenvalue weighted by molar-refractivity contribution is -0.385. The van der Waals surface area contributed by atoms with Gasteiger partial charge in [0.1, 0.15) is 17.9 Å². The maximum absolute atomic E-state index is 12.7. The van der Waals surface area contributed by atoms with Gasteiger partial charge in [-0.05, 0) is 36.4 Å². The average Bonchev–Trinajstić information content (AvgIpc) is 3.01. The van der Waals surface area contributed by atoms with Crippen LogP contribution in [0.3, 0.4) is 0 Å². The number of halogens is 1. The molecule has 1 aliphatic rings. The van der Waals surface area contributed by atoms with Crippen molar-refractivity contribution < 1.29 is 24.0 Å². The lowest BCUT2D eigenvalue weighted by Gasteiger charge is -2.16. The van der Waals surface area contributed by atoms with Crippen LogP contribution in [-0.2, 0) is 4.79 Å². The first-order valence-corrected chi connectivity index (χ1v) is 9.69. The van der Waals surface area contributed by atoms with E-state index in [1.54, 1.807) is 36.4 Å². The van der Waals surface area contributed by atoms with Crippen molar-refractivity contribution in [2.24, 2.45) is 0 Å². The zero-order valence-corrected chi connectivity index (χ0v) is 17.0. The number of hydrogen-bond donors (Lipinski definition) is 1. The number of para-hydroxylation sites is 1. The molecule has 4 rings (SSSR count). The Bertz CT molecular complexity index is 1260. The molecule has 0 bridgehead atoms. The molecule has 1 aliphatic heterocycles. The first kappa shape index (κ1) is 21.0. The highest BCUT2D eigenvalue weighted by atomic mass is 35.5. The summed E-state index contributed by atoms with van der Waals surface area (Å²) in [5, 5.41) is 14.1. The van der Waals surface area contributed by atoms with Gasteiger partial charge in [-0.3, -0.25) is 29.4 Å². The summed E-state index contributed by atoms with van der Waals surface area (Å²) in [4.78, 5) is 49.0. The number of nitrogens with one attached hydrogen (secondary N) is 1. The van der Waals surface area contributed by atoms with Crippen LogP contribution in [0.4, 0.5) is 11.4 Å². The highest BCUT2D eigenvalue weighted by Gasteiger charge is 2.41. The molecule has 1 heterocycles. The average molecular weight is 452 g/mol. The normalized spacial score (nSPS) is 12.5. The Hall–Kier alpha value is -4.24. The van der Waals surface area contributed by atoms with E-state index in [-0.39, 0.29) is 16.8 Å². The summed E-state index contributed by atoms with van der Waals surface area (Å²) in [6, 6.07) is 17.2. The van der Waals surface area contributed by atoms with Crippen LogP contribution < -0.4 is 10.1 Å². The molecule has 0 fully saturated rings. The van der Waals surface area contributed by atoms with E-state index < -0.39 is 34.9 Å². The molecule has 3 aromatic rings. The number of anilines is 1. The second-order valence-electron chi connectivity index (χ2n) is 6.76. The third-order valence-electron chi connectivity index (χ3n) is 4.66. The fourth-order valence-electron chi connectivity index (χ4n) is 3.25. The van der Waals surface area contributed by atoms with Crippen molar-refractivity contribution in [3.8, 4) is 11.5 Å². The minimum atomic E-state index is -0.903. The van der Waals surface area contributed by atoms with Crippen LogP contribution >= 0.6 is 11.6 Å². The summed E-state index contributed by atoms with van der Waals surface area (Å²) in [5.41, 5.74) is -0.704. The Balaban J connectivity index is 1.54. The molecule has 0 unspecified atom stereocenters. The third kappa shape index (κ3) is 4.01. The van der Waals surface area contributed by atoms with Crippen LogP contribution in [-0.4, -0.2) is 34.1 Å². The fourth-order valence-corrected chi connectivity index (χ4v) is 3.42. The van der Waals surface area contributed by atoms with Crippen LogP contribution in [0.2, 0.25) is 5.02 Å². The quantitative estimate of drug-likeness (QED) is 0.339. The van der Waals surface area contributed by atoms with Gasteiger partial charge in [-0.25, -0.2) is 0 Å². The molecular weight excluding hydrogens is 438 g/mol. The topological polar surface area (TPSA) is 119 Å². The number of amides is 3. The van der Waals surface area contributed by atoms with Crippen molar-refractivity contribution in [1.82, 2.24) is 4.90 Å². The molecule has 0 saturated carbocycles. The molecule has 10 heteroatoms. The second kappa shape index (κ2) is 8.48. The molecule has 160 valence electrons. The number of nitrogens with zero attached hydrogens (tertiary/aromatic N) is 2. The summed E-state index contributed by atoms with van der Waals surface area (Å²) in [6.07, 6.45) is 0. The van der Waals surface area contributed by atoms with E-state index in [0.29, 0.717) is 21.4 Å². The minimum absolute atomic E-state index is 0.118. The first-order valence-electron chi connectivity index (χ1n) is 9.31. The summed E-state index contributed by atoms with van der Waals surface area (Å²) < 4.78 is 5.77. The molecular formula is C22H14ClN3O6. The van der Waals surface area contributed by atoms with Gasteiger partial charge in [0.25, 0.3) is 17.5 Å². The number of carbonyl (C=O) groups excluding carboxylic acids is 3. The predicted octanol–water partition coefficient (Wildman–Crippen LogP) is 4.28. The number of carbonyl (C=O) groups is 3. The Morgan fingerprint density at radius 1 is 1.03 bits per heavy atom. The number of benzene rings is 3. The van der Waals surface area contributed by atoms with E-state index in [2.05, 4.69) is 5.32 Å². The Morgan fingerprint density at radius 3 is 2.50 bits per heavy atom. The van der Waals surface area contributed by atoms with Crippen molar-refractivity contribution in [2.75, 3.05) is 11.9 Å². The second-order valence-corrected chi connectivity index (χ2v) is 7.19. The van der Waals surface area contributed by atoms with E-state index in [1.165, 1.54) is 18.2 Å². The van der Waals surface area contributed by atoms with Crippen molar-refractivity contribution in [3.63, 3.8) is 0 Å². The van der Waals surface area contributed by atoms with E-state index in [0.717, 1.165) is 6.07 Å². The molecule has 0 saturated heterocycles. The zero-order valence-electron chi connectivity index (χ0n) is 16.3. The molecule has 0 aromatic heterocycles. The monoisotopic (exact) mass is 451 g/mol. The van der Waals surface area contributed by atoms with Gasteiger partial charge in [0.15, 0.2) is 5.75 Å². The largest absolute Gasteiger partial charge is 0.455 e. The van der Waals surface area contributed by atoms with Gasteiger partial charge in [-0.15, -0.1) is 0 Å². The molecule has 32 heavy (non-hydrogen) atoms. The van der Waals surface area contributed by atoms with Gasteiger partial charge >= 0.3 is 0 Å². The van der Waals surface area contributed by atoms with E-state index >= 15 is 0 Å². The Morgan fingerprint density at radius 2 is 1.78 bits per heavy atom. The number of nitro groups is 1. The van der Waals surface area contributed by atoms with Gasteiger partial charge < -0.3 is 10.1 Å². The molecule has 9 nitrogen and oxygen atoms in total. The van der Waals surface area contributed by atoms with Crippen molar-refractivity contribution in [1.29, 1.82) is 0 Å². The van der Waals surface area contributed by atoms with Crippen LogP contribution in [0.15, 0.2) is 66.7 Å². The summed E-state index contributed by atoms with van der Waals surface area (Å²) >= 11 is 6.04. The molecule has 3 aromatic carbocycles. The van der Waals surface area contributed by atoms with Crippen LogP contribution in [0.25, 0.3) is 0 Å². The maximum atomic E-state index is 12.7. The lowest BCUT2D eigenvalue weighted by Crippen LogP contribution is -2.37. The standard InChI is InChI=1S/C22H14ClN3O6/c23-13-9-10-18(32-14-5-2-1-3-6-14)16(11-13)24-19(27)12-25-21(28)15-7-4-8-17(26(30)31)20(15)22(25)29/h1-11H,12H2,(H,24,27). The van der Waals surface area contributed by atoms with Gasteiger partial charge in [0, 0.05) is 11.1 Å². The summed E-state index contributed by atoms with van der Waals surface area (Å²) in [7, 11) is 0. The van der Waals surface area contributed by atoms with E-state index in [4.69, 9.17) is 16.3 Å². The number of ether oxygens (including phenoxy) is 1. The van der Waals surface area contributed by atoms with Gasteiger partial charge in [-0.2, -0.15) is 0 Å². The number of rotatable bonds is 6. The third-order valence-corrected chi connectivity index (χ3v) is 4.90. The van der Waals surface area contributed by atoms with Crippen LogP contribution in [0, 0.1) is 10.1 Å². The predicted molar refractivity (Wildman–Crippen MR) is 115 cm³/mol. The fraction of sp³-hybridized carbons (Fsp3) is 0.0455. The lowest BCUT2D eigenvalue weighted by atomic mass is 10.1. The van der Waals surface area contributed by atoms with E-state index in [9.17, 15) is 24.5 Å². The molecule has 0 radical (unpaired) electrons. The van der Waals surface area contributed by atoms with Crippen molar-refractivity contribution in [3.05, 3.63) is 93.0 Å². The van der Waals surface area contributed by atoms with Crippen LogP contribution in [0.5, 0.6) is 11.5 Å². The van der Waals surface area contributed by atoms with Gasteiger partial charge in [0.2, 0.25) is 5.91 Å². The Labute approximate surface area is 186 Å². The maximum Gasteiger partial charge on any atom is 0.282 e. The van der Waals surface area contributed by atoms with Crippen molar-refractivity contribution >= 4 is 40.7 Å². The molecule has 3 amide bonds. The van der Waals surface area contributed by atoms with Gasteiger partial charge in [0.05, 0.1) is 16.2 Å². The molecule has 1 N–H and O–H groups in total. The SMILES string of the molecule is O=C(CN1C(=O)c2cccc([N+](=O)[O-])c2C1=O)Nc1cc(Cl)ccc1Oc1ccccc1. The number of fused-ring (bicyclic) bond motifs is 1. The highest BCUT2D eigenvalue weighted by molar-refractivity contribution is 6.31. The van der Waals surface area contributed by atoms with Crippen molar-refractivity contribution in [2.45, 2.75) is 0 Å². The van der Waals surface area contributed by atoms with E-state index in [1.807, 2.05) is 6.07 Å². The number of imide groups is 1. The molecule has 0 spiro atoms. The number of nitro benzene ring substituents is 1. The van der Waals surface area contributed by atoms with Gasteiger partial charge in [-0.1, -0.05) is 35.9 Å². The number of hydrogen-bond acceptors (Lipinski definition) is 6. The first-order chi connectivity index (χ1) is 15.3. The Kier molecular flexibility index (Phi) is 5.57.